The van der Waals surface area contributed by atoms with Gasteiger partial charge >= 0.3 is 0 Å². The maximum atomic E-state index is 5.85. The van der Waals surface area contributed by atoms with Gasteiger partial charge in [0.1, 0.15) is 12.4 Å². The number of anilines is 1. The molecule has 0 aliphatic rings. The van der Waals surface area contributed by atoms with E-state index >= 15 is 0 Å². The molecule has 0 atom stereocenters. The van der Waals surface area contributed by atoms with Crippen LogP contribution < -0.4 is 15.4 Å². The molecule has 0 aliphatic heterocycles. The van der Waals surface area contributed by atoms with E-state index < -0.39 is 0 Å². The van der Waals surface area contributed by atoms with E-state index in [0.717, 1.165) is 22.0 Å². The van der Waals surface area contributed by atoms with Crippen LogP contribution in [-0.2, 0) is 6.54 Å². The Hall–Kier alpha value is -2.04. The van der Waals surface area contributed by atoms with E-state index in [1.165, 1.54) is 0 Å². The number of thiocarbonyl (C=S) groups is 1. The summed E-state index contributed by atoms with van der Waals surface area (Å²) in [6.07, 6.45) is 1.71. The van der Waals surface area contributed by atoms with Gasteiger partial charge in [0.25, 0.3) is 0 Å². The van der Waals surface area contributed by atoms with Crippen molar-refractivity contribution in [2.45, 2.75) is 6.54 Å². The van der Waals surface area contributed by atoms with Crippen LogP contribution in [0.3, 0.4) is 0 Å². The topological polar surface area (TPSA) is 33.3 Å². The second-order valence-corrected chi connectivity index (χ2v) is 5.40. The molecular formula is C17H17ClN2OS. The van der Waals surface area contributed by atoms with Gasteiger partial charge in [-0.3, -0.25) is 0 Å². The van der Waals surface area contributed by atoms with Crippen LogP contribution in [0.1, 0.15) is 5.56 Å². The van der Waals surface area contributed by atoms with Gasteiger partial charge in [0.15, 0.2) is 5.11 Å². The van der Waals surface area contributed by atoms with Gasteiger partial charge in [0.2, 0.25) is 0 Å². The first-order valence-electron chi connectivity index (χ1n) is 6.80. The summed E-state index contributed by atoms with van der Waals surface area (Å²) < 4.78 is 5.43. The molecule has 2 aromatic rings. The van der Waals surface area contributed by atoms with Gasteiger partial charge in [-0.05, 0) is 54.2 Å². The standard InChI is InChI=1S/C17H17ClN2OS/c1-2-11-21-16-9-7-15(8-10-16)20-17(22)19-12-13-3-5-14(18)6-4-13/h2-10H,1,11-12H2,(H2,19,20,22). The van der Waals surface area contributed by atoms with Crippen LogP contribution in [0.5, 0.6) is 5.75 Å². The van der Waals surface area contributed by atoms with Crippen molar-refractivity contribution in [3.05, 3.63) is 71.8 Å². The lowest BCUT2D eigenvalue weighted by Gasteiger charge is -2.11. The molecule has 0 aliphatic carbocycles. The lowest BCUT2D eigenvalue weighted by Crippen LogP contribution is -2.27. The van der Waals surface area contributed by atoms with E-state index in [-0.39, 0.29) is 0 Å². The summed E-state index contributed by atoms with van der Waals surface area (Å²) in [5.41, 5.74) is 2.02. The summed E-state index contributed by atoms with van der Waals surface area (Å²) in [7, 11) is 0. The van der Waals surface area contributed by atoms with E-state index in [0.29, 0.717) is 18.3 Å². The van der Waals surface area contributed by atoms with Crippen LogP contribution in [0.15, 0.2) is 61.2 Å². The molecule has 2 aromatic carbocycles. The number of halogens is 1. The molecule has 0 heterocycles. The van der Waals surface area contributed by atoms with Crippen LogP contribution >= 0.6 is 23.8 Å². The lowest BCUT2D eigenvalue weighted by molar-refractivity contribution is 0.363. The summed E-state index contributed by atoms with van der Waals surface area (Å²) in [5, 5.41) is 7.56. The molecule has 0 unspecified atom stereocenters. The van der Waals surface area contributed by atoms with Crippen molar-refractivity contribution in [3.8, 4) is 5.75 Å². The molecule has 0 bridgehead atoms. The number of hydrogen-bond donors (Lipinski definition) is 2. The van der Waals surface area contributed by atoms with Crippen molar-refractivity contribution in [2.75, 3.05) is 11.9 Å². The molecule has 0 spiro atoms. The third-order valence-corrected chi connectivity index (χ3v) is 3.34. The first kappa shape index (κ1) is 16.3. The van der Waals surface area contributed by atoms with E-state index in [1.54, 1.807) is 6.08 Å². The predicted molar refractivity (Wildman–Crippen MR) is 96.6 cm³/mol. The molecule has 0 fully saturated rings. The molecule has 2 N–H and O–H groups in total. The molecule has 0 amide bonds. The third-order valence-electron chi connectivity index (χ3n) is 2.85. The first-order valence-corrected chi connectivity index (χ1v) is 7.59. The van der Waals surface area contributed by atoms with Crippen LogP contribution in [0.4, 0.5) is 5.69 Å². The molecule has 0 saturated carbocycles. The Labute approximate surface area is 140 Å². The molecule has 0 saturated heterocycles. The fourth-order valence-electron chi connectivity index (χ4n) is 1.75. The average molecular weight is 333 g/mol. The summed E-state index contributed by atoms with van der Waals surface area (Å²) >= 11 is 11.1. The highest BCUT2D eigenvalue weighted by molar-refractivity contribution is 7.80. The van der Waals surface area contributed by atoms with Crippen LogP contribution in [0.2, 0.25) is 5.02 Å². The van der Waals surface area contributed by atoms with Gasteiger partial charge in [-0.2, -0.15) is 0 Å². The molecule has 114 valence electrons. The zero-order chi connectivity index (χ0) is 15.8. The van der Waals surface area contributed by atoms with Crippen LogP contribution in [0, 0.1) is 0 Å². The minimum atomic E-state index is 0.494. The summed E-state index contributed by atoms with van der Waals surface area (Å²) in [5.74, 6) is 0.797. The Kier molecular flexibility index (Phi) is 6.25. The Morgan fingerprint density at radius 2 is 1.82 bits per heavy atom. The smallest absolute Gasteiger partial charge is 0.171 e. The molecule has 0 aromatic heterocycles. The fourth-order valence-corrected chi connectivity index (χ4v) is 2.07. The van der Waals surface area contributed by atoms with E-state index in [4.69, 9.17) is 28.6 Å². The van der Waals surface area contributed by atoms with E-state index in [2.05, 4.69) is 17.2 Å². The maximum Gasteiger partial charge on any atom is 0.171 e. The Bertz CT molecular complexity index is 626. The predicted octanol–water partition coefficient (Wildman–Crippen LogP) is 4.39. The highest BCUT2D eigenvalue weighted by Gasteiger charge is 1.99. The summed E-state index contributed by atoms with van der Waals surface area (Å²) in [4.78, 5) is 0. The van der Waals surface area contributed by atoms with Gasteiger partial charge in [0, 0.05) is 17.3 Å². The number of nitrogens with one attached hydrogen (secondary N) is 2. The van der Waals surface area contributed by atoms with Crippen molar-refractivity contribution < 1.29 is 4.74 Å². The number of hydrogen-bond acceptors (Lipinski definition) is 2. The second-order valence-electron chi connectivity index (χ2n) is 4.56. The number of benzene rings is 2. The third kappa shape index (κ3) is 5.39. The molecule has 0 radical (unpaired) electrons. The second kappa shape index (κ2) is 8.41. The van der Waals surface area contributed by atoms with Crippen LogP contribution in [-0.4, -0.2) is 11.7 Å². The monoisotopic (exact) mass is 332 g/mol. The fraction of sp³-hybridized carbons (Fsp3) is 0.118. The SMILES string of the molecule is C=CCOc1ccc(NC(=S)NCc2ccc(Cl)cc2)cc1. The van der Waals surface area contributed by atoms with Gasteiger partial charge in [-0.15, -0.1) is 0 Å². The number of ether oxygens (including phenoxy) is 1. The number of rotatable bonds is 6. The summed E-state index contributed by atoms with van der Waals surface area (Å²) in [6, 6.07) is 15.2. The normalized spacial score (nSPS) is 9.86. The zero-order valence-electron chi connectivity index (χ0n) is 12.0. The van der Waals surface area contributed by atoms with Crippen molar-refractivity contribution in [1.82, 2.24) is 5.32 Å². The molecular weight excluding hydrogens is 316 g/mol. The van der Waals surface area contributed by atoms with Crippen molar-refractivity contribution in [2.24, 2.45) is 0 Å². The average Bonchev–Trinajstić information content (AvgIpc) is 2.54. The van der Waals surface area contributed by atoms with Crippen molar-refractivity contribution in [3.63, 3.8) is 0 Å². The first-order chi connectivity index (χ1) is 10.7. The highest BCUT2D eigenvalue weighted by Crippen LogP contribution is 2.15. The minimum Gasteiger partial charge on any atom is -0.490 e. The summed E-state index contributed by atoms with van der Waals surface area (Å²) in [6.45, 7) is 4.75. The molecule has 22 heavy (non-hydrogen) atoms. The van der Waals surface area contributed by atoms with Crippen molar-refractivity contribution >= 4 is 34.6 Å². The largest absolute Gasteiger partial charge is 0.490 e. The molecule has 3 nitrogen and oxygen atoms in total. The zero-order valence-corrected chi connectivity index (χ0v) is 13.6. The quantitative estimate of drug-likeness (QED) is 0.607. The van der Waals surface area contributed by atoms with Crippen molar-refractivity contribution in [1.29, 1.82) is 0 Å². The van der Waals surface area contributed by atoms with E-state index in [1.807, 2.05) is 48.5 Å². The van der Waals surface area contributed by atoms with Gasteiger partial charge in [0.05, 0.1) is 0 Å². The molecule has 5 heteroatoms. The van der Waals surface area contributed by atoms with Gasteiger partial charge < -0.3 is 15.4 Å². The lowest BCUT2D eigenvalue weighted by atomic mass is 10.2. The molecule has 2 rings (SSSR count). The minimum absolute atomic E-state index is 0.494. The Morgan fingerprint density at radius 1 is 1.14 bits per heavy atom. The van der Waals surface area contributed by atoms with E-state index in [9.17, 15) is 0 Å². The Morgan fingerprint density at radius 3 is 2.45 bits per heavy atom. The van der Waals surface area contributed by atoms with Crippen LogP contribution in [0.25, 0.3) is 0 Å². The van der Waals surface area contributed by atoms with Gasteiger partial charge in [-0.25, -0.2) is 0 Å². The van der Waals surface area contributed by atoms with Gasteiger partial charge in [-0.1, -0.05) is 36.4 Å². The highest BCUT2D eigenvalue weighted by atomic mass is 35.5. The Balaban J connectivity index is 1.81. The maximum absolute atomic E-state index is 5.85.